The first-order valence-electron chi connectivity index (χ1n) is 5.26. The standard InChI is InChI=1S/C11H18N2O3/c1-3-5-6-8-12-11(16)13(4-2)9-7-10(14)15/h4,6-9H2,1-2H3,(H,12,16)(H,14,15). The number of aliphatic carboxylic acids is 1. The normalized spacial score (nSPS) is 8.88. The summed E-state index contributed by atoms with van der Waals surface area (Å²) in [5, 5.41) is 11.2. The number of carboxylic acid groups (broad SMARTS) is 1. The summed E-state index contributed by atoms with van der Waals surface area (Å²) in [6, 6.07) is -0.235. The van der Waals surface area contributed by atoms with Crippen molar-refractivity contribution in [1.29, 1.82) is 0 Å². The quantitative estimate of drug-likeness (QED) is 0.522. The second kappa shape index (κ2) is 8.60. The van der Waals surface area contributed by atoms with Crippen LogP contribution in [0.2, 0.25) is 0 Å². The van der Waals surface area contributed by atoms with Crippen molar-refractivity contribution in [1.82, 2.24) is 10.2 Å². The van der Waals surface area contributed by atoms with Gasteiger partial charge >= 0.3 is 12.0 Å². The molecule has 0 aliphatic carbocycles. The number of hydrogen-bond donors (Lipinski definition) is 2. The number of carboxylic acids is 1. The second-order valence-corrected chi connectivity index (χ2v) is 3.13. The van der Waals surface area contributed by atoms with Crippen LogP contribution in [-0.2, 0) is 4.79 Å². The van der Waals surface area contributed by atoms with Gasteiger partial charge in [0.05, 0.1) is 6.42 Å². The maximum absolute atomic E-state index is 11.5. The van der Waals surface area contributed by atoms with Crippen molar-refractivity contribution >= 4 is 12.0 Å². The van der Waals surface area contributed by atoms with Crippen LogP contribution >= 0.6 is 0 Å². The molecule has 0 aliphatic heterocycles. The number of nitrogens with zero attached hydrogens (tertiary/aromatic N) is 1. The number of rotatable bonds is 6. The highest BCUT2D eigenvalue weighted by atomic mass is 16.4. The van der Waals surface area contributed by atoms with Gasteiger partial charge in [0.15, 0.2) is 0 Å². The lowest BCUT2D eigenvalue weighted by Crippen LogP contribution is -2.41. The number of urea groups is 1. The molecule has 0 heterocycles. The van der Waals surface area contributed by atoms with Crippen LogP contribution < -0.4 is 5.32 Å². The number of carbonyl (C=O) groups is 2. The monoisotopic (exact) mass is 226 g/mol. The van der Waals surface area contributed by atoms with Gasteiger partial charge in [-0.15, -0.1) is 11.8 Å². The first kappa shape index (κ1) is 14.3. The summed E-state index contributed by atoms with van der Waals surface area (Å²) in [7, 11) is 0. The Morgan fingerprint density at radius 1 is 1.44 bits per heavy atom. The highest BCUT2D eigenvalue weighted by Crippen LogP contribution is 1.92. The van der Waals surface area contributed by atoms with E-state index in [1.165, 1.54) is 4.90 Å². The predicted octanol–water partition coefficient (Wildman–Crippen LogP) is 0.906. The molecule has 0 aliphatic rings. The van der Waals surface area contributed by atoms with E-state index in [1.807, 2.05) is 6.92 Å². The molecule has 0 radical (unpaired) electrons. The summed E-state index contributed by atoms with van der Waals surface area (Å²) in [4.78, 5) is 23.4. The fourth-order valence-corrected chi connectivity index (χ4v) is 1.10. The SMILES string of the molecule is CC#CCCNC(=O)N(CC)CCC(=O)O. The Kier molecular flexibility index (Phi) is 7.68. The van der Waals surface area contributed by atoms with Crippen molar-refractivity contribution in [3.05, 3.63) is 0 Å². The first-order valence-corrected chi connectivity index (χ1v) is 5.26. The average Bonchev–Trinajstić information content (AvgIpc) is 2.25. The van der Waals surface area contributed by atoms with Gasteiger partial charge in [-0.1, -0.05) is 0 Å². The Bertz CT molecular complexity index is 291. The number of nitrogens with one attached hydrogen (secondary N) is 1. The van der Waals surface area contributed by atoms with Crippen LogP contribution in [0, 0.1) is 11.8 Å². The molecule has 0 bridgehead atoms. The molecule has 5 heteroatoms. The topological polar surface area (TPSA) is 69.6 Å². The molecule has 90 valence electrons. The molecule has 0 aromatic carbocycles. The maximum atomic E-state index is 11.5. The summed E-state index contributed by atoms with van der Waals surface area (Å²) in [5.41, 5.74) is 0. The third-order valence-electron chi connectivity index (χ3n) is 1.97. The van der Waals surface area contributed by atoms with E-state index in [2.05, 4.69) is 17.2 Å². The van der Waals surface area contributed by atoms with E-state index in [4.69, 9.17) is 5.11 Å². The van der Waals surface area contributed by atoms with Crippen LogP contribution in [-0.4, -0.2) is 41.6 Å². The molecular formula is C11H18N2O3. The molecule has 0 atom stereocenters. The van der Waals surface area contributed by atoms with Gasteiger partial charge in [0.25, 0.3) is 0 Å². The lowest BCUT2D eigenvalue weighted by atomic mass is 10.4. The third-order valence-corrected chi connectivity index (χ3v) is 1.97. The molecule has 0 fully saturated rings. The lowest BCUT2D eigenvalue weighted by molar-refractivity contribution is -0.137. The highest BCUT2D eigenvalue weighted by Gasteiger charge is 2.11. The molecule has 16 heavy (non-hydrogen) atoms. The van der Waals surface area contributed by atoms with Gasteiger partial charge in [-0.3, -0.25) is 4.79 Å². The van der Waals surface area contributed by atoms with Crippen molar-refractivity contribution in [3.8, 4) is 11.8 Å². The molecule has 0 unspecified atom stereocenters. The molecule has 0 saturated heterocycles. The second-order valence-electron chi connectivity index (χ2n) is 3.13. The highest BCUT2D eigenvalue weighted by molar-refractivity contribution is 5.75. The predicted molar refractivity (Wildman–Crippen MR) is 61.0 cm³/mol. The molecule has 0 rings (SSSR count). The van der Waals surface area contributed by atoms with Gasteiger partial charge in [0.2, 0.25) is 0 Å². The Morgan fingerprint density at radius 3 is 2.62 bits per heavy atom. The zero-order chi connectivity index (χ0) is 12.4. The fraction of sp³-hybridized carbons (Fsp3) is 0.636. The molecular weight excluding hydrogens is 208 g/mol. The molecule has 0 aromatic heterocycles. The zero-order valence-corrected chi connectivity index (χ0v) is 9.75. The van der Waals surface area contributed by atoms with E-state index in [0.717, 1.165) is 0 Å². The summed E-state index contributed by atoms with van der Waals surface area (Å²) in [6.45, 7) is 4.78. The van der Waals surface area contributed by atoms with Crippen molar-refractivity contribution < 1.29 is 14.7 Å². The van der Waals surface area contributed by atoms with Gasteiger partial charge in [0, 0.05) is 26.1 Å². The average molecular weight is 226 g/mol. The molecule has 2 N–H and O–H groups in total. The smallest absolute Gasteiger partial charge is 0.317 e. The maximum Gasteiger partial charge on any atom is 0.317 e. The summed E-state index contributed by atoms with van der Waals surface area (Å²) in [5.74, 6) is 4.67. The first-order chi connectivity index (χ1) is 7.61. The van der Waals surface area contributed by atoms with Crippen molar-refractivity contribution in [2.75, 3.05) is 19.6 Å². The van der Waals surface area contributed by atoms with E-state index in [9.17, 15) is 9.59 Å². The molecule has 2 amide bonds. The molecule has 0 aromatic rings. The Labute approximate surface area is 95.8 Å². The van der Waals surface area contributed by atoms with Crippen LogP contribution in [0.4, 0.5) is 4.79 Å². The van der Waals surface area contributed by atoms with Crippen LogP contribution in [0.1, 0.15) is 26.7 Å². The molecule has 5 nitrogen and oxygen atoms in total. The van der Waals surface area contributed by atoms with Gasteiger partial charge in [-0.25, -0.2) is 4.79 Å². The number of carbonyl (C=O) groups excluding carboxylic acids is 1. The van der Waals surface area contributed by atoms with E-state index >= 15 is 0 Å². The van der Waals surface area contributed by atoms with Crippen LogP contribution in [0.25, 0.3) is 0 Å². The van der Waals surface area contributed by atoms with E-state index in [0.29, 0.717) is 19.5 Å². The van der Waals surface area contributed by atoms with Crippen molar-refractivity contribution in [2.24, 2.45) is 0 Å². The minimum absolute atomic E-state index is 0.0317. The zero-order valence-electron chi connectivity index (χ0n) is 9.75. The van der Waals surface area contributed by atoms with Crippen LogP contribution in [0.15, 0.2) is 0 Å². The Balaban J connectivity index is 3.89. The summed E-state index contributed by atoms with van der Waals surface area (Å²) < 4.78 is 0. The van der Waals surface area contributed by atoms with Crippen LogP contribution in [0.5, 0.6) is 0 Å². The third kappa shape index (κ3) is 6.71. The Hall–Kier alpha value is -1.70. The van der Waals surface area contributed by atoms with E-state index in [1.54, 1.807) is 6.92 Å². The minimum Gasteiger partial charge on any atom is -0.481 e. The van der Waals surface area contributed by atoms with Gasteiger partial charge < -0.3 is 15.3 Å². The Morgan fingerprint density at radius 2 is 2.12 bits per heavy atom. The summed E-state index contributed by atoms with van der Waals surface area (Å²) in [6.07, 6.45) is 0.578. The number of amides is 2. The van der Waals surface area contributed by atoms with E-state index < -0.39 is 5.97 Å². The van der Waals surface area contributed by atoms with E-state index in [-0.39, 0.29) is 19.0 Å². The van der Waals surface area contributed by atoms with Crippen molar-refractivity contribution in [3.63, 3.8) is 0 Å². The lowest BCUT2D eigenvalue weighted by Gasteiger charge is -2.20. The van der Waals surface area contributed by atoms with Crippen LogP contribution in [0.3, 0.4) is 0 Å². The molecule has 0 saturated carbocycles. The summed E-state index contributed by atoms with van der Waals surface area (Å²) >= 11 is 0. The fourth-order valence-electron chi connectivity index (χ4n) is 1.10. The number of hydrogen-bond acceptors (Lipinski definition) is 2. The van der Waals surface area contributed by atoms with Gasteiger partial charge in [0.1, 0.15) is 0 Å². The van der Waals surface area contributed by atoms with Crippen molar-refractivity contribution in [2.45, 2.75) is 26.7 Å². The molecule has 0 spiro atoms. The minimum atomic E-state index is -0.900. The van der Waals surface area contributed by atoms with Gasteiger partial charge in [-0.05, 0) is 13.8 Å². The van der Waals surface area contributed by atoms with Gasteiger partial charge in [-0.2, -0.15) is 0 Å². The largest absolute Gasteiger partial charge is 0.481 e.